The molecule has 1 aromatic carbocycles. The molecule has 0 fully saturated rings. The fraction of sp³-hybridized carbons (Fsp3) is 0.421. The van der Waals surface area contributed by atoms with Crippen molar-refractivity contribution in [3.63, 3.8) is 0 Å². The minimum atomic E-state index is 0.535. The van der Waals surface area contributed by atoms with Crippen molar-refractivity contribution < 1.29 is 9.47 Å². The zero-order chi connectivity index (χ0) is 18.2. The maximum absolute atomic E-state index is 5.45. The molecular weight excluding hydrogens is 316 g/mol. The SMILES string of the molecule is CCNC(=NCc1ccc(OC)cc1OC)N(C)Cc1cccn1C. The van der Waals surface area contributed by atoms with E-state index in [1.165, 1.54) is 5.69 Å². The van der Waals surface area contributed by atoms with Gasteiger partial charge in [-0.3, -0.25) is 0 Å². The number of aromatic nitrogens is 1. The first-order valence-electron chi connectivity index (χ1n) is 8.39. The van der Waals surface area contributed by atoms with Crippen LogP contribution in [0.5, 0.6) is 11.5 Å². The summed E-state index contributed by atoms with van der Waals surface area (Å²) >= 11 is 0. The van der Waals surface area contributed by atoms with Gasteiger partial charge in [0.2, 0.25) is 0 Å². The molecule has 1 aromatic heterocycles. The summed E-state index contributed by atoms with van der Waals surface area (Å²) in [5.41, 5.74) is 2.25. The molecule has 0 spiro atoms. The van der Waals surface area contributed by atoms with Crippen molar-refractivity contribution in [3.05, 3.63) is 47.8 Å². The van der Waals surface area contributed by atoms with E-state index in [0.29, 0.717) is 6.54 Å². The molecule has 2 rings (SSSR count). The van der Waals surface area contributed by atoms with Crippen LogP contribution >= 0.6 is 0 Å². The molecular formula is C19H28N4O2. The van der Waals surface area contributed by atoms with Crippen LogP contribution < -0.4 is 14.8 Å². The van der Waals surface area contributed by atoms with Crippen LogP contribution in [0.1, 0.15) is 18.2 Å². The second-order valence-electron chi connectivity index (χ2n) is 5.81. The Labute approximate surface area is 150 Å². The molecule has 6 nitrogen and oxygen atoms in total. The molecule has 0 atom stereocenters. The molecule has 136 valence electrons. The Bertz CT molecular complexity index is 709. The minimum absolute atomic E-state index is 0.535. The molecule has 0 aliphatic heterocycles. The van der Waals surface area contributed by atoms with Crippen molar-refractivity contribution in [1.82, 2.24) is 14.8 Å². The molecule has 0 bridgehead atoms. The lowest BCUT2D eigenvalue weighted by molar-refractivity contribution is 0.391. The van der Waals surface area contributed by atoms with Gasteiger partial charge in [0.1, 0.15) is 11.5 Å². The van der Waals surface area contributed by atoms with Crippen molar-refractivity contribution in [3.8, 4) is 11.5 Å². The number of hydrogen-bond acceptors (Lipinski definition) is 3. The summed E-state index contributed by atoms with van der Waals surface area (Å²) in [5.74, 6) is 2.42. The lowest BCUT2D eigenvalue weighted by Gasteiger charge is -2.22. The van der Waals surface area contributed by atoms with E-state index >= 15 is 0 Å². The third kappa shape index (κ3) is 4.92. The van der Waals surface area contributed by atoms with Gasteiger partial charge in [-0.05, 0) is 31.2 Å². The Morgan fingerprint density at radius 2 is 2.04 bits per heavy atom. The molecule has 0 aliphatic rings. The number of rotatable bonds is 7. The largest absolute Gasteiger partial charge is 0.497 e. The third-order valence-electron chi connectivity index (χ3n) is 4.04. The van der Waals surface area contributed by atoms with E-state index in [9.17, 15) is 0 Å². The summed E-state index contributed by atoms with van der Waals surface area (Å²) < 4.78 is 12.8. The number of ether oxygens (including phenoxy) is 2. The van der Waals surface area contributed by atoms with Crippen LogP contribution in [-0.2, 0) is 20.1 Å². The van der Waals surface area contributed by atoms with Gasteiger partial charge in [0, 0.05) is 44.2 Å². The first-order chi connectivity index (χ1) is 12.1. The molecule has 25 heavy (non-hydrogen) atoms. The van der Waals surface area contributed by atoms with Crippen LogP contribution in [0.3, 0.4) is 0 Å². The number of aryl methyl sites for hydroxylation is 1. The van der Waals surface area contributed by atoms with Gasteiger partial charge in [0.25, 0.3) is 0 Å². The van der Waals surface area contributed by atoms with Gasteiger partial charge in [0.15, 0.2) is 5.96 Å². The Kier molecular flexibility index (Phi) is 6.74. The van der Waals surface area contributed by atoms with Gasteiger partial charge < -0.3 is 24.3 Å². The van der Waals surface area contributed by atoms with Crippen molar-refractivity contribution >= 4 is 5.96 Å². The molecule has 6 heteroatoms. The molecule has 0 unspecified atom stereocenters. The maximum Gasteiger partial charge on any atom is 0.194 e. The van der Waals surface area contributed by atoms with Gasteiger partial charge >= 0.3 is 0 Å². The van der Waals surface area contributed by atoms with Crippen LogP contribution in [0.25, 0.3) is 0 Å². The molecule has 0 saturated carbocycles. The summed E-state index contributed by atoms with van der Waals surface area (Å²) in [5, 5.41) is 3.35. The number of aliphatic imine (C=N–C) groups is 1. The zero-order valence-corrected chi connectivity index (χ0v) is 15.7. The van der Waals surface area contributed by atoms with Gasteiger partial charge in [-0.2, -0.15) is 0 Å². The minimum Gasteiger partial charge on any atom is -0.497 e. The summed E-state index contributed by atoms with van der Waals surface area (Å²) in [6.45, 7) is 4.21. The van der Waals surface area contributed by atoms with Crippen LogP contribution in [-0.4, -0.2) is 43.2 Å². The topological polar surface area (TPSA) is 51.0 Å². The molecule has 0 radical (unpaired) electrons. The van der Waals surface area contributed by atoms with Gasteiger partial charge in [-0.15, -0.1) is 0 Å². The number of guanidine groups is 1. The number of hydrogen-bond donors (Lipinski definition) is 1. The zero-order valence-electron chi connectivity index (χ0n) is 15.7. The highest BCUT2D eigenvalue weighted by molar-refractivity contribution is 5.79. The highest BCUT2D eigenvalue weighted by Gasteiger charge is 2.10. The molecule has 0 amide bonds. The third-order valence-corrected chi connectivity index (χ3v) is 4.04. The second kappa shape index (κ2) is 9.01. The molecule has 0 aliphatic carbocycles. The van der Waals surface area contributed by atoms with Crippen molar-refractivity contribution in [2.45, 2.75) is 20.0 Å². The second-order valence-corrected chi connectivity index (χ2v) is 5.81. The van der Waals surface area contributed by atoms with E-state index < -0.39 is 0 Å². The van der Waals surface area contributed by atoms with E-state index in [1.807, 2.05) is 25.2 Å². The predicted octanol–water partition coefficient (Wildman–Crippen LogP) is 2.64. The molecule has 0 saturated heterocycles. The van der Waals surface area contributed by atoms with Crippen molar-refractivity contribution in [2.24, 2.45) is 12.0 Å². The Hall–Kier alpha value is -2.63. The number of nitrogens with one attached hydrogen (secondary N) is 1. The average molecular weight is 344 g/mol. The number of nitrogens with zero attached hydrogens (tertiary/aromatic N) is 3. The normalized spacial score (nSPS) is 11.3. The van der Waals surface area contributed by atoms with E-state index in [1.54, 1.807) is 14.2 Å². The summed E-state index contributed by atoms with van der Waals surface area (Å²) in [6, 6.07) is 9.96. The van der Waals surface area contributed by atoms with Crippen molar-refractivity contribution in [1.29, 1.82) is 0 Å². The van der Waals surface area contributed by atoms with Crippen LogP contribution in [0.4, 0.5) is 0 Å². The highest BCUT2D eigenvalue weighted by atomic mass is 16.5. The molecule has 1 N–H and O–H groups in total. The first-order valence-corrected chi connectivity index (χ1v) is 8.39. The van der Waals surface area contributed by atoms with Crippen molar-refractivity contribution in [2.75, 3.05) is 27.8 Å². The first kappa shape index (κ1) is 18.7. The quantitative estimate of drug-likeness (QED) is 0.620. The fourth-order valence-electron chi connectivity index (χ4n) is 2.59. The van der Waals surface area contributed by atoms with E-state index in [0.717, 1.165) is 36.1 Å². The lowest BCUT2D eigenvalue weighted by Crippen LogP contribution is -2.38. The molecule has 1 heterocycles. The maximum atomic E-state index is 5.45. The number of benzene rings is 1. The summed E-state index contributed by atoms with van der Waals surface area (Å²) in [4.78, 5) is 6.88. The lowest BCUT2D eigenvalue weighted by atomic mass is 10.2. The average Bonchev–Trinajstić information content (AvgIpc) is 3.03. The fourth-order valence-corrected chi connectivity index (χ4v) is 2.59. The monoisotopic (exact) mass is 344 g/mol. The van der Waals surface area contributed by atoms with Gasteiger partial charge in [0.05, 0.1) is 27.3 Å². The Balaban J connectivity index is 2.15. The molecule has 2 aromatic rings. The van der Waals surface area contributed by atoms with E-state index in [2.05, 4.69) is 47.1 Å². The van der Waals surface area contributed by atoms with Crippen LogP contribution in [0.15, 0.2) is 41.5 Å². The van der Waals surface area contributed by atoms with Gasteiger partial charge in [-0.1, -0.05) is 0 Å². The highest BCUT2D eigenvalue weighted by Crippen LogP contribution is 2.25. The summed E-state index contributed by atoms with van der Waals surface area (Å²) in [6.07, 6.45) is 2.05. The predicted molar refractivity (Wildman–Crippen MR) is 101 cm³/mol. The van der Waals surface area contributed by atoms with Gasteiger partial charge in [-0.25, -0.2) is 4.99 Å². The summed E-state index contributed by atoms with van der Waals surface area (Å²) in [7, 11) is 7.40. The standard InChI is InChI=1S/C19H28N4O2/c1-6-20-19(23(3)14-16-8-7-11-22(16)2)21-13-15-9-10-17(24-4)12-18(15)25-5/h7-12H,6,13-14H2,1-5H3,(H,20,21). The van der Waals surface area contributed by atoms with Crippen LogP contribution in [0.2, 0.25) is 0 Å². The Morgan fingerprint density at radius 3 is 2.64 bits per heavy atom. The van der Waals surface area contributed by atoms with E-state index in [-0.39, 0.29) is 0 Å². The Morgan fingerprint density at radius 1 is 1.24 bits per heavy atom. The van der Waals surface area contributed by atoms with E-state index in [4.69, 9.17) is 14.5 Å². The number of methoxy groups -OCH3 is 2. The smallest absolute Gasteiger partial charge is 0.194 e. The van der Waals surface area contributed by atoms with Crippen LogP contribution in [0, 0.1) is 0 Å².